The number of amides is 3. The summed E-state index contributed by atoms with van der Waals surface area (Å²) in [7, 11) is 0. The van der Waals surface area contributed by atoms with Crippen molar-refractivity contribution in [3.63, 3.8) is 0 Å². The summed E-state index contributed by atoms with van der Waals surface area (Å²) < 4.78 is 2.07. The first-order valence-electron chi connectivity index (χ1n) is 10.9. The Bertz CT molecular complexity index is 1480. The minimum Gasteiger partial charge on any atom is -0.342 e. The zero-order chi connectivity index (χ0) is 24.4. The predicted octanol–water partition coefficient (Wildman–Crippen LogP) is 6.02. The van der Waals surface area contributed by atoms with Crippen LogP contribution >= 0.6 is 23.4 Å². The number of hydrogen-bond acceptors (Lipinski definition) is 4. The van der Waals surface area contributed by atoms with E-state index in [-0.39, 0.29) is 11.4 Å². The molecule has 1 aromatic heterocycles. The number of imide groups is 1. The number of aromatic nitrogens is 1. The molecule has 0 radical (unpaired) electrons. The third-order valence-electron chi connectivity index (χ3n) is 5.64. The third-order valence-corrected chi connectivity index (χ3v) is 6.91. The first-order valence-corrected chi connectivity index (χ1v) is 12.1. The molecule has 35 heavy (non-hydrogen) atoms. The maximum Gasteiger partial charge on any atom is 0.294 e. The number of fused-ring (bicyclic) bond motifs is 1. The van der Waals surface area contributed by atoms with Crippen molar-refractivity contribution in [3.8, 4) is 0 Å². The van der Waals surface area contributed by atoms with Crippen LogP contribution in [0.15, 0.2) is 90.0 Å². The van der Waals surface area contributed by atoms with E-state index in [2.05, 4.69) is 9.88 Å². The number of benzene rings is 3. The second-order valence-electron chi connectivity index (χ2n) is 8.00. The number of halogens is 1. The smallest absolute Gasteiger partial charge is 0.294 e. The van der Waals surface area contributed by atoms with Gasteiger partial charge in [0.1, 0.15) is 6.54 Å². The topological polar surface area (TPSA) is 71.4 Å². The van der Waals surface area contributed by atoms with E-state index in [1.54, 1.807) is 30.3 Å². The summed E-state index contributed by atoms with van der Waals surface area (Å²) in [6.07, 6.45) is 3.66. The first kappa shape index (κ1) is 23.0. The summed E-state index contributed by atoms with van der Waals surface area (Å²) in [5.41, 5.74) is 3.38. The van der Waals surface area contributed by atoms with Crippen molar-refractivity contribution in [2.75, 3.05) is 11.9 Å². The van der Waals surface area contributed by atoms with Crippen LogP contribution in [-0.2, 0) is 16.1 Å². The van der Waals surface area contributed by atoms with Crippen LogP contribution in [0, 0.1) is 0 Å². The molecule has 5 rings (SSSR count). The number of anilines is 1. The monoisotopic (exact) mass is 501 g/mol. The molecule has 1 aliphatic heterocycles. The third kappa shape index (κ3) is 4.87. The van der Waals surface area contributed by atoms with Crippen molar-refractivity contribution < 1.29 is 14.4 Å². The molecule has 1 saturated heterocycles. The van der Waals surface area contributed by atoms with Gasteiger partial charge in [0.15, 0.2) is 0 Å². The Balaban J connectivity index is 1.39. The largest absolute Gasteiger partial charge is 0.342 e. The van der Waals surface area contributed by atoms with Gasteiger partial charge in [-0.15, -0.1) is 0 Å². The van der Waals surface area contributed by atoms with Gasteiger partial charge in [0.05, 0.1) is 4.91 Å². The molecule has 0 unspecified atom stereocenters. The van der Waals surface area contributed by atoms with Gasteiger partial charge < -0.3 is 9.88 Å². The fourth-order valence-electron chi connectivity index (χ4n) is 3.97. The van der Waals surface area contributed by atoms with E-state index < -0.39 is 17.1 Å². The summed E-state index contributed by atoms with van der Waals surface area (Å²) in [6, 6.07) is 24.4. The molecule has 3 aromatic carbocycles. The number of para-hydroxylation sites is 2. The van der Waals surface area contributed by atoms with Crippen molar-refractivity contribution >= 4 is 63.1 Å². The highest BCUT2D eigenvalue weighted by Gasteiger charge is 2.36. The van der Waals surface area contributed by atoms with E-state index >= 15 is 0 Å². The maximum atomic E-state index is 13.0. The molecule has 174 valence electrons. The lowest BCUT2D eigenvalue weighted by Crippen LogP contribution is -2.36. The van der Waals surface area contributed by atoms with E-state index in [1.807, 2.05) is 60.8 Å². The first-order chi connectivity index (χ1) is 17.0. The fourth-order valence-corrected chi connectivity index (χ4v) is 5.00. The average Bonchev–Trinajstić information content (AvgIpc) is 3.33. The molecular formula is C27H20ClN3O3S. The second kappa shape index (κ2) is 9.82. The van der Waals surface area contributed by atoms with Crippen LogP contribution in [0.2, 0.25) is 5.02 Å². The zero-order valence-electron chi connectivity index (χ0n) is 18.5. The molecule has 0 aliphatic carbocycles. The molecule has 8 heteroatoms. The Hall–Kier alpha value is -3.81. The Labute approximate surface area is 211 Å². The molecular weight excluding hydrogens is 482 g/mol. The highest BCUT2D eigenvalue weighted by Crippen LogP contribution is 2.34. The van der Waals surface area contributed by atoms with Crippen LogP contribution in [0.5, 0.6) is 0 Å². The highest BCUT2D eigenvalue weighted by molar-refractivity contribution is 8.18. The van der Waals surface area contributed by atoms with Gasteiger partial charge in [-0.1, -0.05) is 66.2 Å². The van der Waals surface area contributed by atoms with Crippen LogP contribution < -0.4 is 5.32 Å². The standard InChI is InChI=1S/C27H20ClN3O3S/c28-22-12-6-4-8-18(22)15-30-16-19(21-11-5-7-13-23(21)30)14-24-26(33)31(27(34)35-24)17-25(32)29-20-9-2-1-3-10-20/h1-14,16H,15,17H2,(H,29,32)/b24-14+. The van der Waals surface area contributed by atoms with Gasteiger partial charge >= 0.3 is 0 Å². The van der Waals surface area contributed by atoms with E-state index in [0.29, 0.717) is 17.3 Å². The van der Waals surface area contributed by atoms with Crippen LogP contribution in [0.3, 0.4) is 0 Å². The molecule has 4 aromatic rings. The summed E-state index contributed by atoms with van der Waals surface area (Å²) in [5.74, 6) is -0.915. The molecule has 2 heterocycles. The Morgan fingerprint density at radius 3 is 2.46 bits per heavy atom. The van der Waals surface area contributed by atoms with E-state index in [9.17, 15) is 14.4 Å². The Kier molecular flexibility index (Phi) is 6.44. The van der Waals surface area contributed by atoms with Crippen molar-refractivity contribution in [3.05, 3.63) is 106 Å². The lowest BCUT2D eigenvalue weighted by atomic mass is 10.1. The van der Waals surface area contributed by atoms with Crippen LogP contribution in [0.4, 0.5) is 10.5 Å². The highest BCUT2D eigenvalue weighted by atomic mass is 35.5. The summed E-state index contributed by atoms with van der Waals surface area (Å²) in [5, 5.41) is 3.87. The van der Waals surface area contributed by atoms with E-state index in [4.69, 9.17) is 11.6 Å². The fraction of sp³-hybridized carbons (Fsp3) is 0.0741. The Morgan fingerprint density at radius 1 is 0.943 bits per heavy atom. The molecule has 0 saturated carbocycles. The molecule has 0 atom stereocenters. The van der Waals surface area contributed by atoms with E-state index in [0.717, 1.165) is 38.7 Å². The number of thioether (sulfide) groups is 1. The van der Waals surface area contributed by atoms with Gasteiger partial charge in [-0.3, -0.25) is 19.3 Å². The number of carbonyl (C=O) groups is 3. The Morgan fingerprint density at radius 2 is 1.66 bits per heavy atom. The van der Waals surface area contributed by atoms with Gasteiger partial charge in [0.25, 0.3) is 11.1 Å². The van der Waals surface area contributed by atoms with Gasteiger partial charge in [0.2, 0.25) is 5.91 Å². The SMILES string of the molecule is O=C(CN1C(=O)S/C(=C/c2cn(Cc3ccccc3Cl)c3ccccc23)C1=O)Nc1ccccc1. The van der Waals surface area contributed by atoms with Crippen LogP contribution in [0.1, 0.15) is 11.1 Å². The number of nitrogens with one attached hydrogen (secondary N) is 1. The van der Waals surface area contributed by atoms with Gasteiger partial charge in [-0.2, -0.15) is 0 Å². The molecule has 3 amide bonds. The molecule has 1 fully saturated rings. The summed E-state index contributed by atoms with van der Waals surface area (Å²) in [4.78, 5) is 39.2. The molecule has 0 bridgehead atoms. The van der Waals surface area contributed by atoms with Crippen molar-refractivity contribution in [1.29, 1.82) is 0 Å². The summed E-state index contributed by atoms with van der Waals surface area (Å²) in [6.45, 7) is 0.223. The minimum atomic E-state index is -0.480. The average molecular weight is 502 g/mol. The number of nitrogens with zero attached hydrogens (tertiary/aromatic N) is 2. The van der Waals surface area contributed by atoms with Crippen LogP contribution in [0.25, 0.3) is 17.0 Å². The van der Waals surface area contributed by atoms with Gasteiger partial charge in [0, 0.05) is 39.9 Å². The quantitative estimate of drug-likeness (QED) is 0.328. The lowest BCUT2D eigenvalue weighted by molar-refractivity contribution is -0.127. The van der Waals surface area contributed by atoms with Crippen molar-refractivity contribution in [2.24, 2.45) is 0 Å². The van der Waals surface area contributed by atoms with E-state index in [1.165, 1.54) is 0 Å². The molecule has 6 nitrogen and oxygen atoms in total. The molecule has 1 aliphatic rings. The minimum absolute atomic E-state index is 0.281. The molecule has 0 spiro atoms. The number of rotatable bonds is 6. The zero-order valence-corrected chi connectivity index (χ0v) is 20.1. The van der Waals surface area contributed by atoms with Crippen molar-refractivity contribution in [2.45, 2.75) is 6.54 Å². The number of carbonyl (C=O) groups excluding carboxylic acids is 3. The maximum absolute atomic E-state index is 13.0. The number of hydrogen-bond donors (Lipinski definition) is 1. The van der Waals surface area contributed by atoms with Crippen LogP contribution in [-0.4, -0.2) is 33.1 Å². The second-order valence-corrected chi connectivity index (χ2v) is 9.40. The van der Waals surface area contributed by atoms with Gasteiger partial charge in [-0.25, -0.2) is 0 Å². The predicted molar refractivity (Wildman–Crippen MR) is 140 cm³/mol. The van der Waals surface area contributed by atoms with Gasteiger partial charge in [-0.05, 0) is 47.7 Å². The normalized spacial score (nSPS) is 14.8. The summed E-state index contributed by atoms with van der Waals surface area (Å²) >= 11 is 7.20. The van der Waals surface area contributed by atoms with Crippen molar-refractivity contribution in [1.82, 2.24) is 9.47 Å². The molecule has 1 N–H and O–H groups in total. The lowest BCUT2D eigenvalue weighted by Gasteiger charge is -2.12.